The number of likely N-dealkylation sites (N-methyl/N-ethyl adjacent to an activating group) is 1. The molecular weight excluding hydrogens is 298 g/mol. The first-order valence-corrected chi connectivity index (χ1v) is 8.82. The van der Waals surface area contributed by atoms with Crippen molar-refractivity contribution < 1.29 is 9.53 Å². The van der Waals surface area contributed by atoms with E-state index in [1.165, 1.54) is 5.69 Å². The molecule has 0 bridgehead atoms. The van der Waals surface area contributed by atoms with Gasteiger partial charge in [-0.1, -0.05) is 18.2 Å². The van der Waals surface area contributed by atoms with Gasteiger partial charge < -0.3 is 19.9 Å². The van der Waals surface area contributed by atoms with E-state index in [0.29, 0.717) is 0 Å². The van der Waals surface area contributed by atoms with E-state index in [9.17, 15) is 4.79 Å². The normalized spacial score (nSPS) is 32.1. The standard InChI is InChI=1S/C16H21N3O2S/c1-18-7-9-19(10-8-18)13-5-3-2-4-12(13)14-16(21-14)15(20)17-6-11-22-16/h2-5,14H,6-11H2,1H3,(H,17,20). The van der Waals surface area contributed by atoms with Crippen LogP contribution in [0.25, 0.3) is 0 Å². The Bertz CT molecular complexity index is 589. The molecule has 0 saturated carbocycles. The summed E-state index contributed by atoms with van der Waals surface area (Å²) in [6.07, 6.45) is -0.117. The van der Waals surface area contributed by atoms with Crippen LogP contribution in [0.4, 0.5) is 5.69 Å². The second-order valence-electron chi connectivity index (χ2n) is 6.12. The molecule has 4 rings (SSSR count). The molecule has 22 heavy (non-hydrogen) atoms. The molecule has 1 spiro atoms. The number of epoxide rings is 1. The van der Waals surface area contributed by atoms with Crippen LogP contribution in [0, 0.1) is 0 Å². The molecule has 3 aliphatic heterocycles. The van der Waals surface area contributed by atoms with E-state index in [4.69, 9.17) is 4.74 Å². The smallest absolute Gasteiger partial charge is 0.266 e. The highest BCUT2D eigenvalue weighted by Crippen LogP contribution is 2.59. The molecule has 3 fully saturated rings. The van der Waals surface area contributed by atoms with Gasteiger partial charge >= 0.3 is 0 Å². The molecule has 3 saturated heterocycles. The summed E-state index contributed by atoms with van der Waals surface area (Å²) in [5.74, 6) is 0.945. The van der Waals surface area contributed by atoms with Crippen molar-refractivity contribution in [3.05, 3.63) is 29.8 Å². The van der Waals surface area contributed by atoms with Gasteiger partial charge in [-0.25, -0.2) is 0 Å². The number of benzene rings is 1. The fourth-order valence-electron chi connectivity index (χ4n) is 3.29. The van der Waals surface area contributed by atoms with Crippen molar-refractivity contribution in [1.29, 1.82) is 0 Å². The Hall–Kier alpha value is -1.24. The Labute approximate surface area is 135 Å². The lowest BCUT2D eigenvalue weighted by Gasteiger charge is -2.35. The molecular formula is C16H21N3O2S. The van der Waals surface area contributed by atoms with Crippen molar-refractivity contribution in [3.8, 4) is 0 Å². The lowest BCUT2D eigenvalue weighted by Crippen LogP contribution is -2.45. The van der Waals surface area contributed by atoms with E-state index in [1.807, 2.05) is 6.07 Å². The Kier molecular flexibility index (Phi) is 3.55. The van der Waals surface area contributed by atoms with Crippen LogP contribution in [-0.2, 0) is 9.53 Å². The Morgan fingerprint density at radius 1 is 1.27 bits per heavy atom. The van der Waals surface area contributed by atoms with Crippen LogP contribution in [0.15, 0.2) is 24.3 Å². The van der Waals surface area contributed by atoms with E-state index in [-0.39, 0.29) is 12.0 Å². The first-order valence-electron chi connectivity index (χ1n) is 7.83. The van der Waals surface area contributed by atoms with E-state index in [0.717, 1.165) is 44.0 Å². The zero-order valence-corrected chi connectivity index (χ0v) is 13.6. The maximum Gasteiger partial charge on any atom is 0.266 e. The van der Waals surface area contributed by atoms with Gasteiger partial charge in [0, 0.05) is 49.7 Å². The molecule has 1 aromatic rings. The van der Waals surface area contributed by atoms with Gasteiger partial charge in [0.15, 0.2) is 0 Å². The minimum atomic E-state index is -0.680. The van der Waals surface area contributed by atoms with Crippen molar-refractivity contribution in [1.82, 2.24) is 10.2 Å². The highest BCUT2D eigenvalue weighted by molar-refractivity contribution is 8.01. The zero-order chi connectivity index (χ0) is 15.2. The molecule has 1 aromatic carbocycles. The number of nitrogens with one attached hydrogen (secondary N) is 1. The van der Waals surface area contributed by atoms with Crippen molar-refractivity contribution >= 4 is 23.4 Å². The van der Waals surface area contributed by atoms with Crippen LogP contribution < -0.4 is 10.2 Å². The first-order chi connectivity index (χ1) is 10.7. The molecule has 1 N–H and O–H groups in total. The first kappa shape index (κ1) is 14.4. The van der Waals surface area contributed by atoms with E-state index in [1.54, 1.807) is 11.8 Å². The quantitative estimate of drug-likeness (QED) is 0.826. The third-order valence-electron chi connectivity index (χ3n) is 4.66. The number of anilines is 1. The molecule has 118 valence electrons. The van der Waals surface area contributed by atoms with Crippen molar-refractivity contribution in [2.45, 2.75) is 11.0 Å². The Balaban J connectivity index is 1.60. The van der Waals surface area contributed by atoms with Gasteiger partial charge in [0.2, 0.25) is 4.93 Å². The van der Waals surface area contributed by atoms with Gasteiger partial charge in [0.05, 0.1) is 0 Å². The number of nitrogens with zero attached hydrogens (tertiary/aromatic N) is 2. The topological polar surface area (TPSA) is 48.1 Å². The monoisotopic (exact) mass is 319 g/mol. The van der Waals surface area contributed by atoms with Crippen molar-refractivity contribution in [3.63, 3.8) is 0 Å². The van der Waals surface area contributed by atoms with E-state index < -0.39 is 4.93 Å². The zero-order valence-electron chi connectivity index (χ0n) is 12.7. The van der Waals surface area contributed by atoms with Crippen LogP contribution in [0.1, 0.15) is 11.7 Å². The number of hydrogen-bond acceptors (Lipinski definition) is 5. The van der Waals surface area contributed by atoms with Gasteiger partial charge in [0.25, 0.3) is 5.91 Å². The molecule has 0 aliphatic carbocycles. The maximum absolute atomic E-state index is 12.2. The number of carbonyl (C=O) groups is 1. The fourth-order valence-corrected chi connectivity index (χ4v) is 4.45. The number of carbonyl (C=O) groups excluding carboxylic acids is 1. The van der Waals surface area contributed by atoms with Crippen LogP contribution in [0.2, 0.25) is 0 Å². The summed E-state index contributed by atoms with van der Waals surface area (Å²) >= 11 is 1.64. The molecule has 2 atom stereocenters. The van der Waals surface area contributed by atoms with E-state index >= 15 is 0 Å². The lowest BCUT2D eigenvalue weighted by molar-refractivity contribution is -0.123. The molecule has 3 heterocycles. The third-order valence-corrected chi connectivity index (χ3v) is 6.00. The minimum Gasteiger partial charge on any atom is -0.369 e. The maximum atomic E-state index is 12.2. The van der Waals surface area contributed by atoms with Gasteiger partial charge in [-0.3, -0.25) is 4.79 Å². The van der Waals surface area contributed by atoms with Gasteiger partial charge in [-0.05, 0) is 13.1 Å². The second-order valence-corrected chi connectivity index (χ2v) is 7.42. The Morgan fingerprint density at radius 2 is 2.05 bits per heavy atom. The summed E-state index contributed by atoms with van der Waals surface area (Å²) in [7, 11) is 2.16. The van der Waals surface area contributed by atoms with Crippen molar-refractivity contribution in [2.24, 2.45) is 0 Å². The number of amides is 1. The lowest BCUT2D eigenvalue weighted by atomic mass is 10.0. The molecule has 1 amide bonds. The van der Waals surface area contributed by atoms with Crippen LogP contribution in [0.3, 0.4) is 0 Å². The van der Waals surface area contributed by atoms with Crippen LogP contribution in [0.5, 0.6) is 0 Å². The third kappa shape index (κ3) is 2.30. The predicted octanol–water partition coefficient (Wildman–Crippen LogP) is 1.07. The Morgan fingerprint density at radius 3 is 2.82 bits per heavy atom. The summed E-state index contributed by atoms with van der Waals surface area (Å²) in [5.41, 5.74) is 2.37. The summed E-state index contributed by atoms with van der Waals surface area (Å²) in [5, 5.41) is 2.93. The molecule has 0 aromatic heterocycles. The van der Waals surface area contributed by atoms with Gasteiger partial charge in [0.1, 0.15) is 6.10 Å². The van der Waals surface area contributed by atoms with Gasteiger partial charge in [-0.2, -0.15) is 0 Å². The highest BCUT2D eigenvalue weighted by atomic mass is 32.2. The van der Waals surface area contributed by atoms with Crippen LogP contribution in [-0.4, -0.2) is 61.3 Å². The summed E-state index contributed by atoms with van der Waals surface area (Å²) in [6.45, 7) is 4.92. The number of para-hydroxylation sites is 1. The number of piperazine rings is 1. The second kappa shape index (κ2) is 5.44. The summed E-state index contributed by atoms with van der Waals surface area (Å²) < 4.78 is 5.91. The average Bonchev–Trinajstić information content (AvgIpc) is 3.26. The number of ether oxygens (including phenoxy) is 1. The molecule has 5 nitrogen and oxygen atoms in total. The molecule has 3 aliphatic rings. The SMILES string of the molecule is CN1CCN(c2ccccc2C2OC23SCCNC3=O)CC1. The number of thioether (sulfide) groups is 1. The van der Waals surface area contributed by atoms with Crippen molar-refractivity contribution in [2.75, 3.05) is 50.4 Å². The highest BCUT2D eigenvalue weighted by Gasteiger charge is 2.65. The fraction of sp³-hybridized carbons (Fsp3) is 0.562. The number of rotatable bonds is 2. The molecule has 0 radical (unpaired) electrons. The molecule has 6 heteroatoms. The predicted molar refractivity (Wildman–Crippen MR) is 88.2 cm³/mol. The average molecular weight is 319 g/mol. The summed E-state index contributed by atoms with van der Waals surface area (Å²) in [6, 6.07) is 8.37. The minimum absolute atomic E-state index is 0.0296. The summed E-state index contributed by atoms with van der Waals surface area (Å²) in [4.78, 5) is 16.3. The largest absolute Gasteiger partial charge is 0.369 e. The number of hydrogen-bond donors (Lipinski definition) is 1. The molecule has 2 unspecified atom stereocenters. The van der Waals surface area contributed by atoms with E-state index in [2.05, 4.69) is 40.4 Å². The van der Waals surface area contributed by atoms with Gasteiger partial charge in [-0.15, -0.1) is 11.8 Å². The van der Waals surface area contributed by atoms with Crippen LogP contribution >= 0.6 is 11.8 Å².